The van der Waals surface area contributed by atoms with E-state index in [1.165, 1.54) is 24.9 Å². The quantitative estimate of drug-likeness (QED) is 0.931. The molecule has 0 aromatic heterocycles. The van der Waals surface area contributed by atoms with Crippen LogP contribution in [-0.4, -0.2) is 37.6 Å². The van der Waals surface area contributed by atoms with Crippen molar-refractivity contribution in [2.24, 2.45) is 5.92 Å². The minimum absolute atomic E-state index is 0.0551. The topological polar surface area (TPSA) is 41.6 Å². The number of carbonyl (C=O) groups is 1. The zero-order valence-corrected chi connectivity index (χ0v) is 14.5. The maximum Gasteiger partial charge on any atom is 0.252 e. The van der Waals surface area contributed by atoms with E-state index in [1.807, 2.05) is 26.0 Å². The van der Waals surface area contributed by atoms with Gasteiger partial charge in [-0.15, -0.1) is 0 Å². The molecule has 0 atom stereocenters. The second kappa shape index (κ2) is 6.52. The van der Waals surface area contributed by atoms with Crippen molar-refractivity contribution >= 4 is 5.91 Å². The van der Waals surface area contributed by atoms with Gasteiger partial charge in [0.1, 0.15) is 5.75 Å². The van der Waals surface area contributed by atoms with Crippen LogP contribution in [-0.2, 0) is 5.54 Å². The molecule has 2 fully saturated rings. The van der Waals surface area contributed by atoms with Gasteiger partial charge < -0.3 is 15.0 Å². The fourth-order valence-corrected chi connectivity index (χ4v) is 3.78. The lowest BCUT2D eigenvalue weighted by molar-refractivity contribution is 0.0859. The molecular formula is C19H28N2O2. The van der Waals surface area contributed by atoms with Gasteiger partial charge in [0.15, 0.2) is 0 Å². The molecule has 1 amide bonds. The average Bonchev–Trinajstić information content (AvgIpc) is 3.37. The Morgan fingerprint density at radius 2 is 1.96 bits per heavy atom. The maximum atomic E-state index is 12.3. The van der Waals surface area contributed by atoms with Gasteiger partial charge in [-0.3, -0.25) is 4.79 Å². The number of rotatable bonds is 3. The molecule has 4 nitrogen and oxygen atoms in total. The van der Waals surface area contributed by atoms with Crippen LogP contribution < -0.4 is 10.1 Å². The van der Waals surface area contributed by atoms with Crippen molar-refractivity contribution in [3.8, 4) is 5.75 Å². The van der Waals surface area contributed by atoms with Crippen LogP contribution in [0.1, 0.15) is 55.5 Å². The monoisotopic (exact) mass is 316 g/mol. The molecule has 0 unspecified atom stereocenters. The number of nitrogens with zero attached hydrogens (tertiary/aromatic N) is 1. The number of nitrogens with one attached hydrogen (secondary N) is 1. The summed E-state index contributed by atoms with van der Waals surface area (Å²) in [6, 6.07) is 5.91. The molecule has 2 heterocycles. The summed E-state index contributed by atoms with van der Waals surface area (Å²) in [6.07, 6.45) is 4.84. The van der Waals surface area contributed by atoms with Crippen LogP contribution in [0.2, 0.25) is 0 Å². The van der Waals surface area contributed by atoms with Crippen LogP contribution >= 0.6 is 0 Å². The van der Waals surface area contributed by atoms with Gasteiger partial charge >= 0.3 is 0 Å². The van der Waals surface area contributed by atoms with Crippen LogP contribution in [0, 0.1) is 5.92 Å². The summed E-state index contributed by atoms with van der Waals surface area (Å²) in [6.45, 7) is 7.42. The number of fused-ring (bicyclic) bond motifs is 2. The Kier molecular flexibility index (Phi) is 4.62. The largest absolute Gasteiger partial charge is 0.497 e. The van der Waals surface area contributed by atoms with E-state index in [0.717, 1.165) is 43.2 Å². The number of piperidine rings is 1. The minimum atomic E-state index is -0.140. The van der Waals surface area contributed by atoms with Gasteiger partial charge in [-0.25, -0.2) is 0 Å². The summed E-state index contributed by atoms with van der Waals surface area (Å²) in [5, 5.41) is 3.25. The Labute approximate surface area is 139 Å². The van der Waals surface area contributed by atoms with E-state index < -0.39 is 0 Å². The third kappa shape index (κ3) is 3.09. The van der Waals surface area contributed by atoms with E-state index in [-0.39, 0.29) is 11.4 Å². The lowest BCUT2D eigenvalue weighted by atomic mass is 9.81. The van der Waals surface area contributed by atoms with Gasteiger partial charge in [0, 0.05) is 25.2 Å². The highest BCUT2D eigenvalue weighted by molar-refractivity contribution is 6.00. The molecule has 1 aromatic rings. The Bertz CT molecular complexity index is 573. The first kappa shape index (κ1) is 16.3. The number of ether oxygens (including phenoxy) is 1. The predicted octanol–water partition coefficient (Wildman–Crippen LogP) is 3.17. The smallest absolute Gasteiger partial charge is 0.252 e. The zero-order valence-electron chi connectivity index (χ0n) is 14.5. The van der Waals surface area contributed by atoms with E-state index >= 15 is 0 Å². The summed E-state index contributed by atoms with van der Waals surface area (Å²) in [5.41, 5.74) is 1.82. The van der Waals surface area contributed by atoms with E-state index in [2.05, 4.69) is 16.3 Å². The number of hydrogen-bond acceptors (Lipinski definition) is 3. The number of amides is 1. The SMILES string of the molecule is CC.COc1ccc2c(c1)C(=O)NC21CCN(CC2CC2)CC1. The van der Waals surface area contributed by atoms with Gasteiger partial charge in [-0.05, 0) is 49.3 Å². The van der Waals surface area contributed by atoms with Crippen LogP contribution in [0.5, 0.6) is 5.75 Å². The Morgan fingerprint density at radius 3 is 2.57 bits per heavy atom. The molecule has 0 radical (unpaired) electrons. The maximum absolute atomic E-state index is 12.3. The number of carbonyl (C=O) groups excluding carboxylic acids is 1. The lowest BCUT2D eigenvalue weighted by Gasteiger charge is -2.40. The normalized spacial score (nSPS) is 22.1. The summed E-state index contributed by atoms with van der Waals surface area (Å²) < 4.78 is 5.24. The standard InChI is InChI=1S/C17H22N2O2.C2H6/c1-21-13-4-5-15-14(10-13)16(20)18-17(15)6-8-19(9-7-17)11-12-2-3-12;1-2/h4-5,10,12H,2-3,6-9,11H2,1H3,(H,18,20);1-2H3. The average molecular weight is 316 g/mol. The third-order valence-corrected chi connectivity index (χ3v) is 5.26. The second-order valence-electron chi connectivity index (χ2n) is 6.69. The van der Waals surface area contributed by atoms with E-state index in [1.54, 1.807) is 7.11 Å². The Hall–Kier alpha value is -1.55. The summed E-state index contributed by atoms with van der Waals surface area (Å²) in [4.78, 5) is 14.9. The van der Waals surface area contributed by atoms with Crippen LogP contribution in [0.3, 0.4) is 0 Å². The first-order valence-electron chi connectivity index (χ1n) is 8.94. The molecule has 4 rings (SSSR count). The molecule has 2 aliphatic heterocycles. The third-order valence-electron chi connectivity index (χ3n) is 5.26. The summed E-state index contributed by atoms with van der Waals surface area (Å²) >= 11 is 0. The number of hydrogen-bond donors (Lipinski definition) is 1. The molecule has 1 aromatic carbocycles. The van der Waals surface area contributed by atoms with E-state index in [4.69, 9.17) is 4.74 Å². The van der Waals surface area contributed by atoms with Gasteiger partial charge in [0.25, 0.3) is 5.91 Å². The van der Waals surface area contributed by atoms with Crippen LogP contribution in [0.4, 0.5) is 0 Å². The number of likely N-dealkylation sites (tertiary alicyclic amines) is 1. The van der Waals surface area contributed by atoms with Gasteiger partial charge in [-0.2, -0.15) is 0 Å². The molecule has 1 N–H and O–H groups in total. The van der Waals surface area contributed by atoms with Crippen molar-refractivity contribution in [1.29, 1.82) is 0 Å². The molecule has 3 aliphatic rings. The van der Waals surface area contributed by atoms with E-state index in [0.29, 0.717) is 0 Å². The van der Waals surface area contributed by atoms with Crippen LogP contribution in [0.25, 0.3) is 0 Å². The van der Waals surface area contributed by atoms with E-state index in [9.17, 15) is 4.79 Å². The van der Waals surface area contributed by atoms with Crippen molar-refractivity contribution in [2.45, 2.75) is 45.1 Å². The number of benzene rings is 1. The molecule has 4 heteroatoms. The highest BCUT2D eigenvalue weighted by Gasteiger charge is 2.45. The van der Waals surface area contributed by atoms with Crippen molar-refractivity contribution in [3.63, 3.8) is 0 Å². The fraction of sp³-hybridized carbons (Fsp3) is 0.632. The molecule has 0 bridgehead atoms. The zero-order chi connectivity index (χ0) is 16.4. The van der Waals surface area contributed by atoms with Crippen molar-refractivity contribution in [1.82, 2.24) is 10.2 Å². The van der Waals surface area contributed by atoms with Crippen molar-refractivity contribution in [3.05, 3.63) is 29.3 Å². The van der Waals surface area contributed by atoms with Crippen LogP contribution in [0.15, 0.2) is 18.2 Å². The lowest BCUT2D eigenvalue weighted by Crippen LogP contribution is -2.49. The highest BCUT2D eigenvalue weighted by atomic mass is 16.5. The highest BCUT2D eigenvalue weighted by Crippen LogP contribution is 2.41. The minimum Gasteiger partial charge on any atom is -0.497 e. The van der Waals surface area contributed by atoms with Crippen molar-refractivity contribution in [2.75, 3.05) is 26.7 Å². The fourth-order valence-electron chi connectivity index (χ4n) is 3.78. The van der Waals surface area contributed by atoms with Crippen molar-refractivity contribution < 1.29 is 9.53 Å². The first-order valence-corrected chi connectivity index (χ1v) is 8.94. The molecule has 1 aliphatic carbocycles. The summed E-state index contributed by atoms with van der Waals surface area (Å²) in [5.74, 6) is 1.75. The molecule has 1 spiro atoms. The van der Waals surface area contributed by atoms with Gasteiger partial charge in [-0.1, -0.05) is 19.9 Å². The molecular weight excluding hydrogens is 288 g/mol. The molecule has 23 heavy (non-hydrogen) atoms. The molecule has 126 valence electrons. The predicted molar refractivity (Wildman–Crippen MR) is 91.9 cm³/mol. The van der Waals surface area contributed by atoms with Gasteiger partial charge in [0.2, 0.25) is 0 Å². The Balaban J connectivity index is 0.000000753. The number of methoxy groups -OCH3 is 1. The summed E-state index contributed by atoms with van der Waals surface area (Å²) in [7, 11) is 1.64. The molecule has 1 saturated carbocycles. The molecule has 1 saturated heterocycles. The van der Waals surface area contributed by atoms with Gasteiger partial charge in [0.05, 0.1) is 12.6 Å². The Morgan fingerprint density at radius 1 is 1.26 bits per heavy atom. The first-order chi connectivity index (χ1) is 11.2. The second-order valence-corrected chi connectivity index (χ2v) is 6.69.